The van der Waals surface area contributed by atoms with E-state index < -0.39 is 0 Å². The second-order valence-corrected chi connectivity index (χ2v) is 7.35. The summed E-state index contributed by atoms with van der Waals surface area (Å²) in [5, 5.41) is 1.13. The Morgan fingerprint density at radius 1 is 1.18 bits per heavy atom. The molecule has 1 amide bonds. The zero-order valence-electron chi connectivity index (χ0n) is 13.6. The number of thiophene rings is 1. The fourth-order valence-electron chi connectivity index (χ4n) is 2.80. The first kappa shape index (κ1) is 15.3. The van der Waals surface area contributed by atoms with Crippen LogP contribution in [0.5, 0.6) is 0 Å². The highest BCUT2D eigenvalue weighted by molar-refractivity contribution is 7.16. The molecule has 22 heavy (non-hydrogen) atoms. The van der Waals surface area contributed by atoms with Crippen molar-refractivity contribution in [3.63, 3.8) is 0 Å². The lowest BCUT2D eigenvalue weighted by atomic mass is 10.1. The molecule has 116 valence electrons. The average molecular weight is 314 g/mol. The standard InChI is InChI=1S/C18H22N2OS/c1-12(2)19-10-16-13(3)14(4)22-18(16)20(11-19)17(21)15-8-6-5-7-9-15/h5-9,12H,10-11H2,1-4H3. The van der Waals surface area contributed by atoms with E-state index in [0.717, 1.165) is 17.1 Å². The van der Waals surface area contributed by atoms with E-state index in [0.29, 0.717) is 12.7 Å². The van der Waals surface area contributed by atoms with Crippen molar-refractivity contribution in [2.45, 2.75) is 40.3 Å². The third-order valence-electron chi connectivity index (χ3n) is 4.41. The molecule has 1 aromatic heterocycles. The van der Waals surface area contributed by atoms with Crippen LogP contribution in [0, 0.1) is 13.8 Å². The molecule has 2 heterocycles. The summed E-state index contributed by atoms with van der Waals surface area (Å²) in [4.78, 5) is 18.6. The summed E-state index contributed by atoms with van der Waals surface area (Å²) < 4.78 is 0. The fraction of sp³-hybridized carbons (Fsp3) is 0.389. The molecule has 4 heteroatoms. The van der Waals surface area contributed by atoms with Crippen LogP contribution in [-0.4, -0.2) is 23.5 Å². The Morgan fingerprint density at radius 3 is 2.50 bits per heavy atom. The molecule has 3 rings (SSSR count). The summed E-state index contributed by atoms with van der Waals surface area (Å²) >= 11 is 1.74. The van der Waals surface area contributed by atoms with Crippen molar-refractivity contribution < 1.29 is 4.79 Å². The number of hydrogen-bond acceptors (Lipinski definition) is 3. The third kappa shape index (κ3) is 2.57. The van der Waals surface area contributed by atoms with Gasteiger partial charge in [-0.25, -0.2) is 0 Å². The minimum atomic E-state index is 0.0912. The van der Waals surface area contributed by atoms with Crippen molar-refractivity contribution in [3.8, 4) is 0 Å². The van der Waals surface area contributed by atoms with Crippen molar-refractivity contribution in [3.05, 3.63) is 51.9 Å². The summed E-state index contributed by atoms with van der Waals surface area (Å²) in [5.41, 5.74) is 3.39. The Morgan fingerprint density at radius 2 is 1.86 bits per heavy atom. The molecule has 1 aromatic carbocycles. The van der Waals surface area contributed by atoms with Gasteiger partial charge < -0.3 is 0 Å². The highest BCUT2D eigenvalue weighted by atomic mass is 32.1. The molecular weight excluding hydrogens is 292 g/mol. The van der Waals surface area contributed by atoms with Gasteiger partial charge in [-0.05, 0) is 45.4 Å². The molecule has 0 spiro atoms. The first-order valence-corrected chi connectivity index (χ1v) is 8.50. The summed E-state index contributed by atoms with van der Waals surface area (Å²) in [5.74, 6) is 0.0912. The van der Waals surface area contributed by atoms with Gasteiger partial charge in [0.2, 0.25) is 0 Å². The van der Waals surface area contributed by atoms with Crippen LogP contribution in [0.1, 0.15) is 40.2 Å². The van der Waals surface area contributed by atoms with Gasteiger partial charge in [0.05, 0.1) is 6.67 Å². The topological polar surface area (TPSA) is 23.6 Å². The van der Waals surface area contributed by atoms with Gasteiger partial charge in [-0.1, -0.05) is 18.2 Å². The minimum absolute atomic E-state index is 0.0912. The minimum Gasteiger partial charge on any atom is -0.286 e. The molecule has 0 aliphatic carbocycles. The number of hydrogen-bond donors (Lipinski definition) is 0. The molecule has 0 bridgehead atoms. The van der Waals surface area contributed by atoms with E-state index in [4.69, 9.17) is 0 Å². The first-order chi connectivity index (χ1) is 10.5. The smallest absolute Gasteiger partial charge is 0.260 e. The number of anilines is 1. The van der Waals surface area contributed by atoms with Crippen molar-refractivity contribution in [2.75, 3.05) is 11.6 Å². The predicted molar refractivity (Wildman–Crippen MR) is 92.6 cm³/mol. The second-order valence-electron chi connectivity index (χ2n) is 6.15. The maximum atomic E-state index is 13.0. The van der Waals surface area contributed by atoms with Crippen LogP contribution in [0.3, 0.4) is 0 Å². The summed E-state index contributed by atoms with van der Waals surface area (Å²) in [7, 11) is 0. The van der Waals surface area contributed by atoms with Gasteiger partial charge >= 0.3 is 0 Å². The Hall–Kier alpha value is -1.65. The van der Waals surface area contributed by atoms with Crippen LogP contribution < -0.4 is 4.90 Å². The van der Waals surface area contributed by atoms with Crippen molar-refractivity contribution >= 4 is 22.2 Å². The zero-order valence-corrected chi connectivity index (χ0v) is 14.4. The SMILES string of the molecule is Cc1sc2c(c1C)CN(C(C)C)CN2C(=O)c1ccccc1. The molecule has 0 radical (unpaired) electrons. The molecule has 0 unspecified atom stereocenters. The highest BCUT2D eigenvalue weighted by Crippen LogP contribution is 2.40. The van der Waals surface area contributed by atoms with Crippen LogP contribution in [0.4, 0.5) is 5.00 Å². The lowest BCUT2D eigenvalue weighted by molar-refractivity contribution is 0.0948. The van der Waals surface area contributed by atoms with Gasteiger partial charge in [0, 0.05) is 28.6 Å². The number of rotatable bonds is 2. The Balaban J connectivity index is 2.03. The van der Waals surface area contributed by atoms with Crippen LogP contribution in [0.15, 0.2) is 30.3 Å². The van der Waals surface area contributed by atoms with Gasteiger partial charge in [0.15, 0.2) is 0 Å². The van der Waals surface area contributed by atoms with Crippen LogP contribution in [0.25, 0.3) is 0 Å². The van der Waals surface area contributed by atoms with Crippen LogP contribution in [0.2, 0.25) is 0 Å². The number of fused-ring (bicyclic) bond motifs is 1. The van der Waals surface area contributed by atoms with Gasteiger partial charge in [-0.15, -0.1) is 11.3 Å². The monoisotopic (exact) mass is 314 g/mol. The maximum Gasteiger partial charge on any atom is 0.260 e. The number of amides is 1. The van der Waals surface area contributed by atoms with E-state index >= 15 is 0 Å². The highest BCUT2D eigenvalue weighted by Gasteiger charge is 2.32. The van der Waals surface area contributed by atoms with Gasteiger partial charge in [-0.3, -0.25) is 14.6 Å². The number of nitrogens with zero attached hydrogens (tertiary/aromatic N) is 2. The van der Waals surface area contributed by atoms with Gasteiger partial charge in [0.25, 0.3) is 5.91 Å². The van der Waals surface area contributed by atoms with E-state index in [1.807, 2.05) is 35.2 Å². The Bertz CT molecular complexity index is 691. The molecule has 1 aliphatic heterocycles. The normalized spacial score (nSPS) is 15.2. The summed E-state index contributed by atoms with van der Waals surface area (Å²) in [6, 6.07) is 9.98. The quantitative estimate of drug-likeness (QED) is 0.829. The van der Waals surface area contributed by atoms with Crippen LogP contribution >= 0.6 is 11.3 Å². The number of carbonyl (C=O) groups is 1. The molecule has 3 nitrogen and oxygen atoms in total. The first-order valence-electron chi connectivity index (χ1n) is 7.69. The molecule has 0 fully saturated rings. The molecular formula is C18H22N2OS. The summed E-state index contributed by atoms with van der Waals surface area (Å²) in [6.45, 7) is 10.3. The van der Waals surface area contributed by atoms with E-state index in [2.05, 4.69) is 32.6 Å². The van der Waals surface area contributed by atoms with Gasteiger partial charge in [-0.2, -0.15) is 0 Å². The van der Waals surface area contributed by atoms with Crippen molar-refractivity contribution in [1.82, 2.24) is 4.90 Å². The number of aryl methyl sites for hydroxylation is 1. The molecule has 0 saturated heterocycles. The zero-order chi connectivity index (χ0) is 15.9. The van der Waals surface area contributed by atoms with E-state index in [1.165, 1.54) is 16.0 Å². The van der Waals surface area contributed by atoms with Gasteiger partial charge in [0.1, 0.15) is 5.00 Å². The molecule has 0 N–H and O–H groups in total. The lowest BCUT2D eigenvalue weighted by Crippen LogP contribution is -2.47. The third-order valence-corrected chi connectivity index (χ3v) is 5.69. The number of carbonyl (C=O) groups excluding carboxylic acids is 1. The number of benzene rings is 1. The maximum absolute atomic E-state index is 13.0. The lowest BCUT2D eigenvalue weighted by Gasteiger charge is -2.37. The average Bonchev–Trinajstić information content (AvgIpc) is 2.82. The van der Waals surface area contributed by atoms with E-state index in [-0.39, 0.29) is 5.91 Å². The molecule has 1 aliphatic rings. The fourth-order valence-corrected chi connectivity index (χ4v) is 3.96. The molecule has 0 atom stereocenters. The predicted octanol–water partition coefficient (Wildman–Crippen LogP) is 4.19. The Labute approximate surface area is 136 Å². The molecule has 0 saturated carbocycles. The van der Waals surface area contributed by atoms with Crippen LogP contribution in [-0.2, 0) is 6.54 Å². The largest absolute Gasteiger partial charge is 0.286 e. The second kappa shape index (κ2) is 5.86. The van der Waals surface area contributed by atoms with Crippen molar-refractivity contribution in [1.29, 1.82) is 0 Å². The van der Waals surface area contributed by atoms with Crippen molar-refractivity contribution in [2.24, 2.45) is 0 Å². The van der Waals surface area contributed by atoms with E-state index in [1.54, 1.807) is 11.3 Å². The molecule has 2 aromatic rings. The summed E-state index contributed by atoms with van der Waals surface area (Å²) in [6.07, 6.45) is 0. The van der Waals surface area contributed by atoms with E-state index in [9.17, 15) is 4.79 Å². The Kier molecular flexibility index (Phi) is 4.06.